The lowest BCUT2D eigenvalue weighted by Gasteiger charge is -2.37. The van der Waals surface area contributed by atoms with E-state index in [2.05, 4.69) is 20.5 Å². The van der Waals surface area contributed by atoms with Crippen molar-refractivity contribution in [3.63, 3.8) is 0 Å². The summed E-state index contributed by atoms with van der Waals surface area (Å²) in [6.07, 6.45) is 0.762. The molecule has 4 heterocycles. The highest BCUT2D eigenvalue weighted by Crippen LogP contribution is 2.30. The number of hydrogen-bond acceptors (Lipinski definition) is 6. The Labute approximate surface area is 167 Å². The number of hydrogen-bond donors (Lipinski definition) is 2. The molecule has 0 spiro atoms. The smallest absolute Gasteiger partial charge is 0.284 e. The molecule has 1 saturated heterocycles. The molecule has 3 aromatic rings. The number of halogens is 4. The van der Waals surface area contributed by atoms with Crippen LogP contribution in [0.5, 0.6) is 0 Å². The Morgan fingerprint density at radius 3 is 2.87 bits per heavy atom. The van der Waals surface area contributed by atoms with Crippen molar-refractivity contribution < 1.29 is 22.4 Å². The average molecular weight is 426 g/mol. The molecule has 0 bridgehead atoms. The van der Waals surface area contributed by atoms with Crippen molar-refractivity contribution in [2.24, 2.45) is 12.8 Å². The van der Waals surface area contributed by atoms with Crippen LogP contribution in [0.15, 0.2) is 24.7 Å². The van der Waals surface area contributed by atoms with E-state index in [-0.39, 0.29) is 30.0 Å². The standard InChI is InChI=1S/C17H18F4N8O/c1-27-7-10(13(26-27)14(18)19)24-16(30)9-6-23-29-4-2-12(25-15(9)29)28-5-3-17(20,21)11(22)8-28/h2,4,6-7,11,14H,3,5,8,22H2,1H3,(H,24,30)/t11-/m0/s1. The molecule has 0 radical (unpaired) electrons. The first kappa shape index (κ1) is 20.1. The third-order valence-corrected chi connectivity index (χ3v) is 4.91. The van der Waals surface area contributed by atoms with Gasteiger partial charge in [0.1, 0.15) is 11.4 Å². The molecule has 1 amide bonds. The van der Waals surface area contributed by atoms with E-state index in [4.69, 9.17) is 5.73 Å². The number of aromatic nitrogens is 5. The largest absolute Gasteiger partial charge is 0.354 e. The summed E-state index contributed by atoms with van der Waals surface area (Å²) in [4.78, 5) is 18.6. The summed E-state index contributed by atoms with van der Waals surface area (Å²) in [7, 11) is 1.46. The van der Waals surface area contributed by atoms with Gasteiger partial charge < -0.3 is 16.0 Å². The first-order chi connectivity index (χ1) is 14.2. The molecule has 1 fully saturated rings. The van der Waals surface area contributed by atoms with Crippen LogP contribution in [0.4, 0.5) is 29.1 Å². The molecule has 4 rings (SSSR count). The van der Waals surface area contributed by atoms with E-state index in [1.54, 1.807) is 11.0 Å². The van der Waals surface area contributed by atoms with E-state index in [0.29, 0.717) is 5.82 Å². The van der Waals surface area contributed by atoms with Crippen molar-refractivity contribution in [1.29, 1.82) is 0 Å². The number of nitrogens with two attached hydrogens (primary N) is 1. The van der Waals surface area contributed by atoms with E-state index < -0.39 is 36.4 Å². The number of rotatable bonds is 4. The number of alkyl halides is 4. The summed E-state index contributed by atoms with van der Waals surface area (Å²) in [6.45, 7) is -0.0494. The van der Waals surface area contributed by atoms with E-state index >= 15 is 0 Å². The molecule has 1 aliphatic rings. The van der Waals surface area contributed by atoms with Crippen molar-refractivity contribution in [1.82, 2.24) is 24.4 Å². The predicted octanol–water partition coefficient (Wildman–Crippen LogP) is 1.83. The number of nitrogens with zero attached hydrogens (tertiary/aromatic N) is 6. The fourth-order valence-electron chi connectivity index (χ4n) is 3.29. The number of fused-ring (bicyclic) bond motifs is 1. The van der Waals surface area contributed by atoms with Crippen LogP contribution in [0.25, 0.3) is 5.65 Å². The lowest BCUT2D eigenvalue weighted by Crippen LogP contribution is -2.55. The van der Waals surface area contributed by atoms with Crippen molar-refractivity contribution in [2.45, 2.75) is 24.8 Å². The molecule has 0 unspecified atom stereocenters. The fourth-order valence-corrected chi connectivity index (χ4v) is 3.29. The second-order valence-corrected chi connectivity index (χ2v) is 7.03. The maximum Gasteiger partial charge on any atom is 0.284 e. The molecule has 0 aromatic carbocycles. The third-order valence-electron chi connectivity index (χ3n) is 4.91. The average Bonchev–Trinajstić information content (AvgIpc) is 3.26. The van der Waals surface area contributed by atoms with Gasteiger partial charge in [-0.15, -0.1) is 0 Å². The Hall–Kier alpha value is -3.22. The molecule has 1 aliphatic heterocycles. The van der Waals surface area contributed by atoms with Crippen molar-refractivity contribution in [3.05, 3.63) is 35.9 Å². The summed E-state index contributed by atoms with van der Waals surface area (Å²) in [5.41, 5.74) is 5.07. The number of carbonyl (C=O) groups is 1. The predicted molar refractivity (Wildman–Crippen MR) is 98.9 cm³/mol. The van der Waals surface area contributed by atoms with E-state index in [9.17, 15) is 22.4 Å². The van der Waals surface area contributed by atoms with Gasteiger partial charge in [-0.2, -0.15) is 10.2 Å². The van der Waals surface area contributed by atoms with Gasteiger partial charge >= 0.3 is 0 Å². The lowest BCUT2D eigenvalue weighted by atomic mass is 10.0. The highest BCUT2D eigenvalue weighted by Gasteiger charge is 2.42. The van der Waals surface area contributed by atoms with Crippen LogP contribution in [-0.4, -0.2) is 55.3 Å². The number of nitrogens with one attached hydrogen (secondary N) is 1. The second kappa shape index (κ2) is 7.23. The Balaban J connectivity index is 1.61. The van der Waals surface area contributed by atoms with Gasteiger partial charge in [-0.1, -0.05) is 0 Å². The van der Waals surface area contributed by atoms with Crippen LogP contribution in [0.1, 0.15) is 28.9 Å². The van der Waals surface area contributed by atoms with Crippen molar-refractivity contribution in [2.75, 3.05) is 23.3 Å². The van der Waals surface area contributed by atoms with Crippen LogP contribution >= 0.6 is 0 Å². The SMILES string of the molecule is Cn1cc(NC(=O)c2cnn3ccc(N4CCC(F)(F)[C@@H](N)C4)nc23)c(C(F)F)n1. The molecular weight excluding hydrogens is 408 g/mol. The summed E-state index contributed by atoms with van der Waals surface area (Å²) < 4.78 is 56.0. The normalized spacial score (nSPS) is 18.9. The molecule has 13 heteroatoms. The monoisotopic (exact) mass is 426 g/mol. The molecule has 0 saturated carbocycles. The molecule has 3 N–H and O–H groups in total. The first-order valence-corrected chi connectivity index (χ1v) is 9.01. The van der Waals surface area contributed by atoms with Crippen LogP contribution < -0.4 is 16.0 Å². The van der Waals surface area contributed by atoms with Crippen LogP contribution in [0.2, 0.25) is 0 Å². The Bertz CT molecular complexity index is 1090. The van der Waals surface area contributed by atoms with Gasteiger partial charge in [-0.05, 0) is 6.07 Å². The minimum atomic E-state index is -2.95. The van der Waals surface area contributed by atoms with Gasteiger partial charge in [0.15, 0.2) is 11.3 Å². The third kappa shape index (κ3) is 3.56. The Morgan fingerprint density at radius 1 is 1.40 bits per heavy atom. The van der Waals surface area contributed by atoms with Gasteiger partial charge in [0.2, 0.25) is 0 Å². The van der Waals surface area contributed by atoms with E-state index in [1.807, 2.05) is 0 Å². The van der Waals surface area contributed by atoms with E-state index in [1.165, 1.54) is 34.8 Å². The summed E-state index contributed by atoms with van der Waals surface area (Å²) in [5.74, 6) is -3.29. The molecule has 160 valence electrons. The highest BCUT2D eigenvalue weighted by atomic mass is 19.3. The van der Waals surface area contributed by atoms with Crippen LogP contribution in [0, 0.1) is 0 Å². The van der Waals surface area contributed by atoms with Gasteiger partial charge in [-0.3, -0.25) is 9.48 Å². The van der Waals surface area contributed by atoms with Crippen molar-refractivity contribution in [3.8, 4) is 0 Å². The maximum absolute atomic E-state index is 13.7. The van der Waals surface area contributed by atoms with Gasteiger partial charge in [0, 0.05) is 39.0 Å². The zero-order chi connectivity index (χ0) is 21.6. The van der Waals surface area contributed by atoms with Crippen LogP contribution in [-0.2, 0) is 7.05 Å². The molecular formula is C17H18F4N8O. The summed E-state index contributed by atoms with van der Waals surface area (Å²) >= 11 is 0. The second-order valence-electron chi connectivity index (χ2n) is 7.03. The minimum Gasteiger partial charge on any atom is -0.354 e. The quantitative estimate of drug-likeness (QED) is 0.617. The molecule has 3 aromatic heterocycles. The first-order valence-electron chi connectivity index (χ1n) is 9.01. The lowest BCUT2D eigenvalue weighted by molar-refractivity contribution is -0.0394. The maximum atomic E-state index is 13.7. The zero-order valence-electron chi connectivity index (χ0n) is 15.8. The minimum absolute atomic E-state index is 0.0348. The fraction of sp³-hybridized carbons (Fsp3) is 0.412. The number of amides is 1. The zero-order valence-corrected chi connectivity index (χ0v) is 15.8. The number of anilines is 2. The summed E-state index contributed by atoms with van der Waals surface area (Å²) in [6, 6.07) is 0.240. The van der Waals surface area contributed by atoms with Gasteiger partial charge in [-0.25, -0.2) is 27.1 Å². The van der Waals surface area contributed by atoms with Crippen LogP contribution in [0.3, 0.4) is 0 Å². The Morgan fingerprint density at radius 2 is 2.17 bits per heavy atom. The molecule has 1 atom stereocenters. The molecule has 30 heavy (non-hydrogen) atoms. The Kier molecular flexibility index (Phi) is 4.84. The van der Waals surface area contributed by atoms with E-state index in [0.717, 1.165) is 0 Å². The highest BCUT2D eigenvalue weighted by molar-refractivity contribution is 6.08. The number of piperidine rings is 1. The molecule has 9 nitrogen and oxygen atoms in total. The van der Waals surface area contributed by atoms with Gasteiger partial charge in [0.05, 0.1) is 17.9 Å². The van der Waals surface area contributed by atoms with Gasteiger partial charge in [0.25, 0.3) is 18.3 Å². The van der Waals surface area contributed by atoms with Crippen molar-refractivity contribution >= 4 is 23.1 Å². The molecule has 0 aliphatic carbocycles. The topological polar surface area (TPSA) is 106 Å². The summed E-state index contributed by atoms with van der Waals surface area (Å²) in [5, 5.41) is 10.1. The number of aryl methyl sites for hydroxylation is 1. The number of carbonyl (C=O) groups excluding carboxylic acids is 1.